The second kappa shape index (κ2) is 31.8. The molecule has 0 saturated carbocycles. The van der Waals surface area contributed by atoms with E-state index in [-0.39, 0.29) is 27.1 Å². The molecular weight excluding hydrogens is 1310 g/mol. The Morgan fingerprint density at radius 1 is 0.630 bits per heavy atom. The topological polar surface area (TPSA) is 502 Å². The highest BCUT2D eigenvalue weighted by Crippen LogP contribution is 2.77. The van der Waals surface area contributed by atoms with Gasteiger partial charge in [0, 0.05) is 24.6 Å². The van der Waals surface area contributed by atoms with Crippen LogP contribution < -0.4 is 20.4 Å². The SMILES string of the molecule is C.C.CCCCNc1nc(SCCC)nc2c1ncn2[C@@H]1O[C@H](CO)[C@@H](O)[C@H]1O.CCCCNc1nc(SCCC)nc2c1ncn2[C@@H]1O[C@H](COP(=O)([O-])OP(=O)([O-])C(Cl)(Cl)P(=O)(O)O)[C@@H](O)[C@H]1O.O=P(O)(O)C(Cl)(Cl)P(=O)(O)O. The molecule has 32 nitrogen and oxygen atoms in total. The average Bonchev–Trinajstić information content (AvgIpc) is 4.12. The van der Waals surface area contributed by atoms with Gasteiger partial charge < -0.3 is 93.9 Å². The van der Waals surface area contributed by atoms with Crippen LogP contribution in [-0.2, 0) is 41.1 Å². The number of nitrogens with zero attached hydrogens (tertiary/aromatic N) is 8. The normalized spacial score (nSPS) is 23.1. The van der Waals surface area contributed by atoms with Crippen molar-refractivity contribution in [2.45, 2.75) is 148 Å². The minimum absolute atomic E-state index is 0. The number of hydrogen-bond acceptors (Lipinski definition) is 26. The summed E-state index contributed by atoms with van der Waals surface area (Å²) in [4.78, 5) is 102. The summed E-state index contributed by atoms with van der Waals surface area (Å²) >= 11 is 22.7. The Morgan fingerprint density at radius 2 is 1.01 bits per heavy atom. The number of rotatable bonds is 26. The van der Waals surface area contributed by atoms with Crippen molar-refractivity contribution in [3.05, 3.63) is 12.7 Å². The molecule has 0 aliphatic carbocycles. The molecule has 4 aromatic rings. The lowest BCUT2D eigenvalue weighted by Gasteiger charge is -2.38. The van der Waals surface area contributed by atoms with Crippen LogP contribution in [0.2, 0.25) is 0 Å². The Bertz CT molecular complexity index is 2890. The van der Waals surface area contributed by atoms with Crippen LogP contribution >= 0.6 is 108 Å². The lowest BCUT2D eigenvalue weighted by molar-refractivity contribution is -0.234. The second-order valence-corrected chi connectivity index (χ2v) is 33.2. The number of halogens is 4. The zero-order valence-corrected chi connectivity index (χ0v) is 50.9. The summed E-state index contributed by atoms with van der Waals surface area (Å²) in [6.07, 6.45) is -1.80. The van der Waals surface area contributed by atoms with Crippen LogP contribution in [0.1, 0.15) is 93.5 Å². The second-order valence-electron chi connectivity index (χ2n) is 16.9. The van der Waals surface area contributed by atoms with Crippen LogP contribution in [0, 0.1) is 0 Å². The number of thioether (sulfide) groups is 2. The summed E-state index contributed by atoms with van der Waals surface area (Å²) in [6, 6.07) is 0. The molecule has 2 aliphatic heterocycles. The van der Waals surface area contributed by atoms with Gasteiger partial charge in [-0.05, 0) is 25.7 Å². The van der Waals surface area contributed by atoms with Gasteiger partial charge in [-0.25, -0.2) is 29.9 Å². The highest BCUT2D eigenvalue weighted by molar-refractivity contribution is 7.99. The standard InChI is InChI=1S/C18H30Cl2N5O12P3S.C17H27N5O4S.CH4Cl2O6P2.2CH4/c1-3-5-6-21-14-11-15(24-17(23-14)41-7-4-2)25(9-22-11)16-13(27)12(26)10(36-16)8-35-40(33,34)37-39(31,32)18(19,20)38(28,29)30;1-3-5-6-18-14-11-15(21-17(20-14)27-7-4-2)22(9-19-11)16-13(25)12(24)10(8-23)26-16;2-1(3,10(4,5)6)11(7,8)9;;/h9-10,12-13,16,26-27H,3-8H2,1-2H3,(H,31,32)(H,33,34)(H,21,23,24)(H2,28,29,30);9-10,12-13,16,23-25H,3-8H2,1-2H3,(H,18,20,21);(H2,4,5,6)(H2,7,8,9);2*1H4/p-2/t2*10-,12-,13-,16-;;;/m11.../s1. The Labute approximate surface area is 493 Å². The molecule has 0 radical (unpaired) electrons. The summed E-state index contributed by atoms with van der Waals surface area (Å²) in [7, 11) is -28.4. The number of nitrogens with one attached hydrogen (secondary N) is 2. The molecule has 2 aliphatic rings. The van der Waals surface area contributed by atoms with Gasteiger partial charge >= 0.3 is 26.6 Å². The third-order valence-corrected chi connectivity index (χ3v) is 26.0. The van der Waals surface area contributed by atoms with Crippen molar-refractivity contribution in [3.8, 4) is 0 Å². The number of phosphoric acid groups is 1. The molecule has 0 aromatic carbocycles. The molecule has 2 unspecified atom stereocenters. The molecule has 0 spiro atoms. The van der Waals surface area contributed by atoms with Gasteiger partial charge in [-0.2, -0.15) is 0 Å². The molecule has 6 rings (SSSR count). The van der Waals surface area contributed by atoms with E-state index >= 15 is 0 Å². The number of aliphatic hydroxyl groups is 5. The van der Waals surface area contributed by atoms with E-state index < -0.39 is 102 Å². The van der Waals surface area contributed by atoms with Gasteiger partial charge in [0.15, 0.2) is 64.3 Å². The van der Waals surface area contributed by atoms with Crippen LogP contribution in [0.15, 0.2) is 23.0 Å². The fourth-order valence-electron chi connectivity index (χ4n) is 6.60. The molecule has 4 aromatic heterocycles. The van der Waals surface area contributed by atoms with Crippen molar-refractivity contribution in [1.82, 2.24) is 39.0 Å². The van der Waals surface area contributed by atoms with Crippen molar-refractivity contribution in [1.29, 1.82) is 0 Å². The van der Waals surface area contributed by atoms with Crippen molar-refractivity contribution in [2.24, 2.45) is 0 Å². The molecular formula is C38H67Cl4N10O22P5S2-2. The minimum atomic E-state index is -6.20. The molecule has 0 bridgehead atoms. The zero-order valence-electron chi connectivity index (χ0n) is 41.8. The molecule has 468 valence electrons. The summed E-state index contributed by atoms with van der Waals surface area (Å²) in [6.45, 7) is 8.17. The van der Waals surface area contributed by atoms with E-state index in [0.717, 1.165) is 56.6 Å². The monoisotopic (exact) mass is 1370 g/mol. The highest BCUT2D eigenvalue weighted by Gasteiger charge is 2.58. The number of aliphatic hydroxyl groups excluding tert-OH is 5. The van der Waals surface area contributed by atoms with Crippen molar-refractivity contribution < 1.29 is 106 Å². The fraction of sp³-hybridized carbons (Fsp3) is 0.737. The van der Waals surface area contributed by atoms with Crippen molar-refractivity contribution >= 4 is 142 Å². The highest BCUT2D eigenvalue weighted by atomic mass is 35.5. The maximum absolute atomic E-state index is 12.1. The number of anilines is 2. The van der Waals surface area contributed by atoms with Crippen LogP contribution in [0.4, 0.5) is 11.6 Å². The Morgan fingerprint density at radius 3 is 1.35 bits per heavy atom. The number of imidazole rings is 2. The third-order valence-electron chi connectivity index (χ3n) is 10.7. The number of ether oxygens (including phenoxy) is 2. The maximum atomic E-state index is 12.1. The first kappa shape index (κ1) is 76.1. The van der Waals surface area contributed by atoms with E-state index in [2.05, 4.69) is 63.2 Å². The zero-order chi connectivity index (χ0) is 59.7. The largest absolute Gasteiger partial charge is 0.776 e. The maximum Gasteiger partial charge on any atom is 0.373 e. The summed E-state index contributed by atoms with van der Waals surface area (Å²) < 4.78 is 71.0. The number of unbranched alkanes of at least 4 members (excludes halogenated alkanes) is 2. The molecule has 10 atom stereocenters. The quantitative estimate of drug-likeness (QED) is 0.0137. The van der Waals surface area contributed by atoms with Gasteiger partial charge in [0.25, 0.3) is 11.6 Å². The average molecular weight is 1380 g/mol. The Kier molecular flexibility index (Phi) is 29.9. The molecule has 6 heterocycles. The molecule has 13 N–H and O–H groups in total. The first-order valence-corrected chi connectivity index (χ1v) is 34.7. The molecule has 81 heavy (non-hydrogen) atoms. The minimum Gasteiger partial charge on any atom is -0.776 e. The number of alkyl halides is 4. The van der Waals surface area contributed by atoms with Crippen molar-refractivity contribution in [3.63, 3.8) is 0 Å². The van der Waals surface area contributed by atoms with Gasteiger partial charge in [-0.1, -0.05) is 125 Å². The van der Waals surface area contributed by atoms with Crippen LogP contribution in [-0.4, -0.2) is 176 Å². The van der Waals surface area contributed by atoms with Gasteiger partial charge in [0.2, 0.25) is 0 Å². The van der Waals surface area contributed by atoms with Crippen LogP contribution in [0.3, 0.4) is 0 Å². The number of phosphoric ester groups is 1. The fourth-order valence-corrected chi connectivity index (χ4v) is 13.5. The van der Waals surface area contributed by atoms with E-state index in [1.54, 1.807) is 16.3 Å². The first-order chi connectivity index (χ1) is 36.6. The van der Waals surface area contributed by atoms with E-state index in [1.165, 1.54) is 29.0 Å². The van der Waals surface area contributed by atoms with Gasteiger partial charge in [-0.3, -0.25) is 31.7 Å². The Hall–Kier alpha value is -0.970. The van der Waals surface area contributed by atoms with E-state index in [0.29, 0.717) is 45.2 Å². The number of fused-ring (bicyclic) bond motifs is 2. The van der Waals surface area contributed by atoms with E-state index in [9.17, 15) is 58.1 Å². The van der Waals surface area contributed by atoms with Crippen molar-refractivity contribution in [2.75, 3.05) is 48.4 Å². The smallest absolute Gasteiger partial charge is 0.373 e. The summed E-state index contributed by atoms with van der Waals surface area (Å²) in [5, 5.41) is 58.5. The van der Waals surface area contributed by atoms with Crippen LogP contribution in [0.25, 0.3) is 22.3 Å². The van der Waals surface area contributed by atoms with E-state index in [4.69, 9.17) is 85.2 Å². The summed E-state index contributed by atoms with van der Waals surface area (Å²) in [5.41, 5.74) is 1.71. The molecule has 2 saturated heterocycles. The predicted octanol–water partition coefficient (Wildman–Crippen LogP) is 4.34. The summed E-state index contributed by atoms with van der Waals surface area (Å²) in [5.74, 6) is 2.72. The van der Waals surface area contributed by atoms with Gasteiger partial charge in [0.05, 0.1) is 25.9 Å². The third kappa shape index (κ3) is 19.0. The predicted molar refractivity (Wildman–Crippen MR) is 299 cm³/mol. The van der Waals surface area contributed by atoms with Gasteiger partial charge in [-0.15, -0.1) is 0 Å². The van der Waals surface area contributed by atoms with Gasteiger partial charge in [0.1, 0.15) is 36.6 Å². The van der Waals surface area contributed by atoms with Crippen LogP contribution in [0.5, 0.6) is 0 Å². The lowest BCUT2D eigenvalue weighted by atomic mass is 10.1. The molecule has 43 heteroatoms. The lowest BCUT2D eigenvalue weighted by Crippen LogP contribution is -2.34. The van der Waals surface area contributed by atoms with E-state index in [1.807, 2.05) is 13.8 Å². The number of hydrogen-bond donors (Lipinski definition) is 13. The number of aromatic nitrogens is 8. The first-order valence-electron chi connectivity index (χ1n) is 23.3. The molecule has 0 amide bonds. The Balaban J connectivity index is 0.000000480. The molecule has 2 fully saturated rings.